The minimum absolute atomic E-state index is 0.0935. The van der Waals surface area contributed by atoms with E-state index in [1.54, 1.807) is 17.0 Å². The molecule has 1 aromatic rings. The molecule has 21 heavy (non-hydrogen) atoms. The number of nitrogens with zero attached hydrogens (tertiary/aromatic N) is 1. The zero-order chi connectivity index (χ0) is 15.6. The Labute approximate surface area is 124 Å². The molecule has 5 nitrogen and oxygen atoms in total. The van der Waals surface area contributed by atoms with Crippen molar-refractivity contribution in [2.45, 2.75) is 27.3 Å². The van der Waals surface area contributed by atoms with Crippen LogP contribution in [0.4, 0.5) is 0 Å². The number of ether oxygens (including phenoxy) is 2. The van der Waals surface area contributed by atoms with Crippen LogP contribution in [0.1, 0.15) is 36.7 Å². The third kappa shape index (κ3) is 3.35. The summed E-state index contributed by atoms with van der Waals surface area (Å²) in [5.41, 5.74) is 0.931. The molecule has 5 heteroatoms. The maximum atomic E-state index is 12.4. The molecule has 114 valence electrons. The average Bonchev–Trinajstić information content (AvgIpc) is 2.65. The monoisotopic (exact) mass is 291 g/mol. The van der Waals surface area contributed by atoms with Gasteiger partial charge in [0.15, 0.2) is 0 Å². The lowest BCUT2D eigenvalue weighted by Crippen LogP contribution is -2.40. The van der Waals surface area contributed by atoms with Gasteiger partial charge in [-0.2, -0.15) is 0 Å². The van der Waals surface area contributed by atoms with Crippen LogP contribution >= 0.6 is 0 Å². The lowest BCUT2D eigenvalue weighted by Gasteiger charge is -2.27. The van der Waals surface area contributed by atoms with E-state index in [1.165, 1.54) is 7.11 Å². The Hall–Kier alpha value is -2.04. The fraction of sp³-hybridized carbons (Fsp3) is 0.500. The van der Waals surface area contributed by atoms with Crippen molar-refractivity contribution in [3.05, 3.63) is 29.3 Å². The van der Waals surface area contributed by atoms with Gasteiger partial charge in [0.1, 0.15) is 12.4 Å². The first-order chi connectivity index (χ1) is 9.82. The van der Waals surface area contributed by atoms with Gasteiger partial charge in [-0.25, -0.2) is 4.79 Å². The Bertz CT molecular complexity index is 560. The number of hydrogen-bond donors (Lipinski definition) is 0. The first-order valence-electron chi connectivity index (χ1n) is 6.96. The second-order valence-electron chi connectivity index (χ2n) is 6.14. The van der Waals surface area contributed by atoms with Gasteiger partial charge in [-0.05, 0) is 12.1 Å². The molecule has 0 radical (unpaired) electrons. The molecule has 1 aliphatic heterocycles. The van der Waals surface area contributed by atoms with E-state index in [0.29, 0.717) is 31.0 Å². The van der Waals surface area contributed by atoms with Gasteiger partial charge in [0, 0.05) is 17.5 Å². The van der Waals surface area contributed by atoms with E-state index in [1.807, 2.05) is 26.8 Å². The number of esters is 1. The van der Waals surface area contributed by atoms with Crippen molar-refractivity contribution in [2.24, 2.45) is 5.41 Å². The van der Waals surface area contributed by atoms with Gasteiger partial charge in [-0.3, -0.25) is 4.79 Å². The van der Waals surface area contributed by atoms with E-state index in [2.05, 4.69) is 0 Å². The van der Waals surface area contributed by atoms with Gasteiger partial charge in [-0.15, -0.1) is 0 Å². The zero-order valence-electron chi connectivity index (χ0n) is 12.9. The minimum Gasteiger partial charge on any atom is -0.491 e. The number of carbonyl (C=O) groups excluding carboxylic acids is 2. The average molecular weight is 291 g/mol. The highest BCUT2D eigenvalue weighted by Gasteiger charge is 2.29. The molecule has 1 aromatic carbocycles. The Morgan fingerprint density at radius 3 is 2.62 bits per heavy atom. The number of amides is 1. The van der Waals surface area contributed by atoms with Crippen LogP contribution < -0.4 is 4.74 Å². The molecular weight excluding hydrogens is 270 g/mol. The highest BCUT2D eigenvalue weighted by Crippen LogP contribution is 2.27. The van der Waals surface area contributed by atoms with Crippen molar-refractivity contribution in [2.75, 3.05) is 20.3 Å². The first kappa shape index (κ1) is 15.4. The first-order valence-corrected chi connectivity index (χ1v) is 6.96. The lowest BCUT2D eigenvalue weighted by atomic mass is 9.94. The molecular formula is C16H21NO4. The normalized spacial score (nSPS) is 14.8. The van der Waals surface area contributed by atoms with Crippen LogP contribution in [0.25, 0.3) is 0 Å². The summed E-state index contributed by atoms with van der Waals surface area (Å²) >= 11 is 0. The van der Waals surface area contributed by atoms with Gasteiger partial charge >= 0.3 is 5.97 Å². The van der Waals surface area contributed by atoms with Crippen LogP contribution in [-0.4, -0.2) is 37.0 Å². The highest BCUT2D eigenvalue weighted by molar-refractivity contribution is 5.90. The third-order valence-electron chi connectivity index (χ3n) is 3.40. The summed E-state index contributed by atoms with van der Waals surface area (Å²) in [6, 6.07) is 5.18. The van der Waals surface area contributed by atoms with Gasteiger partial charge < -0.3 is 14.4 Å². The minimum atomic E-state index is -0.420. The number of benzene rings is 1. The Morgan fingerprint density at radius 2 is 2.00 bits per heavy atom. The molecule has 0 spiro atoms. The molecule has 1 amide bonds. The lowest BCUT2D eigenvalue weighted by molar-refractivity contribution is -0.140. The Morgan fingerprint density at radius 1 is 1.29 bits per heavy atom. The number of fused-ring (bicyclic) bond motifs is 1. The van der Waals surface area contributed by atoms with E-state index < -0.39 is 11.4 Å². The molecule has 0 atom stereocenters. The summed E-state index contributed by atoms with van der Waals surface area (Å²) in [6.45, 7) is 7.16. The molecule has 0 saturated heterocycles. The summed E-state index contributed by atoms with van der Waals surface area (Å²) in [5, 5.41) is 0. The van der Waals surface area contributed by atoms with E-state index in [4.69, 9.17) is 9.47 Å². The predicted molar refractivity (Wildman–Crippen MR) is 78.1 cm³/mol. The van der Waals surface area contributed by atoms with E-state index in [9.17, 15) is 9.59 Å². The molecule has 0 fully saturated rings. The number of rotatable bonds is 1. The van der Waals surface area contributed by atoms with Crippen LogP contribution in [0.2, 0.25) is 0 Å². The number of carbonyl (C=O) groups is 2. The van der Waals surface area contributed by atoms with Crippen molar-refractivity contribution in [3.8, 4) is 5.75 Å². The van der Waals surface area contributed by atoms with Crippen molar-refractivity contribution in [1.82, 2.24) is 4.90 Å². The SMILES string of the molecule is COC(=O)c1ccc2c(c1)OCCN(C(=O)C(C)(C)C)C2. The second-order valence-corrected chi connectivity index (χ2v) is 6.14. The number of hydrogen-bond acceptors (Lipinski definition) is 4. The predicted octanol–water partition coefficient (Wildman–Crippen LogP) is 2.24. The van der Waals surface area contributed by atoms with E-state index in [0.717, 1.165) is 5.56 Å². The molecule has 0 N–H and O–H groups in total. The second kappa shape index (κ2) is 5.76. The maximum Gasteiger partial charge on any atom is 0.337 e. The van der Waals surface area contributed by atoms with Gasteiger partial charge in [0.05, 0.1) is 19.2 Å². The summed E-state index contributed by atoms with van der Waals surface area (Å²) in [4.78, 5) is 25.7. The maximum absolute atomic E-state index is 12.4. The molecule has 0 unspecified atom stereocenters. The molecule has 0 saturated carbocycles. The smallest absolute Gasteiger partial charge is 0.337 e. The zero-order valence-corrected chi connectivity index (χ0v) is 12.9. The molecule has 0 aromatic heterocycles. The third-order valence-corrected chi connectivity index (χ3v) is 3.40. The van der Waals surface area contributed by atoms with Crippen molar-refractivity contribution in [3.63, 3.8) is 0 Å². The quantitative estimate of drug-likeness (QED) is 0.745. The highest BCUT2D eigenvalue weighted by atomic mass is 16.5. The molecule has 0 aliphatic carbocycles. The van der Waals surface area contributed by atoms with Crippen LogP contribution in [0.15, 0.2) is 18.2 Å². The van der Waals surface area contributed by atoms with Crippen LogP contribution in [0, 0.1) is 5.41 Å². The van der Waals surface area contributed by atoms with E-state index in [-0.39, 0.29) is 5.91 Å². The van der Waals surface area contributed by atoms with Crippen LogP contribution in [-0.2, 0) is 16.1 Å². The molecule has 1 heterocycles. The Kier molecular flexibility index (Phi) is 4.21. The van der Waals surface area contributed by atoms with Crippen LogP contribution in [0.5, 0.6) is 5.75 Å². The molecule has 2 rings (SSSR count). The summed E-state index contributed by atoms with van der Waals surface area (Å²) in [6.07, 6.45) is 0. The van der Waals surface area contributed by atoms with E-state index >= 15 is 0 Å². The fourth-order valence-electron chi connectivity index (χ4n) is 2.26. The molecule has 1 aliphatic rings. The van der Waals surface area contributed by atoms with Crippen molar-refractivity contribution in [1.29, 1.82) is 0 Å². The Balaban J connectivity index is 2.26. The fourth-order valence-corrected chi connectivity index (χ4v) is 2.26. The summed E-state index contributed by atoms with van der Waals surface area (Å²) < 4.78 is 10.4. The largest absolute Gasteiger partial charge is 0.491 e. The molecule has 0 bridgehead atoms. The topological polar surface area (TPSA) is 55.8 Å². The van der Waals surface area contributed by atoms with Gasteiger partial charge in [0.25, 0.3) is 0 Å². The van der Waals surface area contributed by atoms with Gasteiger partial charge in [0.2, 0.25) is 5.91 Å². The summed E-state index contributed by atoms with van der Waals surface area (Å²) in [7, 11) is 1.35. The van der Waals surface area contributed by atoms with Crippen molar-refractivity contribution >= 4 is 11.9 Å². The standard InChI is InChI=1S/C16H21NO4/c1-16(2,3)15(19)17-7-8-21-13-9-11(14(18)20-4)5-6-12(13)10-17/h5-6,9H,7-8,10H2,1-4H3. The van der Waals surface area contributed by atoms with Crippen molar-refractivity contribution < 1.29 is 19.1 Å². The van der Waals surface area contributed by atoms with Crippen LogP contribution in [0.3, 0.4) is 0 Å². The number of methoxy groups -OCH3 is 1. The summed E-state index contributed by atoms with van der Waals surface area (Å²) in [5.74, 6) is 0.339. The van der Waals surface area contributed by atoms with Gasteiger partial charge in [-0.1, -0.05) is 26.8 Å².